The van der Waals surface area contributed by atoms with Gasteiger partial charge in [0, 0.05) is 16.9 Å². The number of carbonyl (C=O) groups excluding carboxylic acids is 1. The Morgan fingerprint density at radius 3 is 2.78 bits per heavy atom. The lowest BCUT2D eigenvalue weighted by molar-refractivity contribution is 0.0734. The Bertz CT molecular complexity index is 787. The van der Waals surface area contributed by atoms with Crippen molar-refractivity contribution in [3.8, 4) is 5.75 Å². The fourth-order valence-electron chi connectivity index (χ4n) is 5.11. The predicted octanol–water partition coefficient (Wildman–Crippen LogP) is 3.82. The van der Waals surface area contributed by atoms with Gasteiger partial charge in [0.1, 0.15) is 11.4 Å². The number of carbonyl (C=O) groups is 1. The number of aromatic hydroxyl groups is 1. The molecule has 2 aliphatic carbocycles. The van der Waals surface area contributed by atoms with E-state index in [0.29, 0.717) is 11.6 Å². The van der Waals surface area contributed by atoms with Gasteiger partial charge in [0.2, 0.25) is 0 Å². The van der Waals surface area contributed by atoms with Crippen LogP contribution in [0.2, 0.25) is 0 Å². The van der Waals surface area contributed by atoms with Crippen LogP contribution in [0.1, 0.15) is 50.5 Å². The highest BCUT2D eigenvalue weighted by atomic mass is 16.3. The van der Waals surface area contributed by atoms with Crippen LogP contribution in [0.15, 0.2) is 24.3 Å². The maximum atomic E-state index is 12.8. The van der Waals surface area contributed by atoms with E-state index in [4.69, 9.17) is 0 Å². The summed E-state index contributed by atoms with van der Waals surface area (Å²) in [6, 6.07) is 7.12. The molecule has 1 amide bonds. The third-order valence-corrected chi connectivity index (χ3v) is 6.39. The third-order valence-electron chi connectivity index (χ3n) is 6.39. The number of benzene rings is 1. The Morgan fingerprint density at radius 1 is 1.30 bits per heavy atom. The molecule has 4 heteroatoms. The number of fused-ring (bicyclic) bond motifs is 3. The van der Waals surface area contributed by atoms with Crippen LogP contribution in [0.5, 0.6) is 5.75 Å². The van der Waals surface area contributed by atoms with E-state index in [9.17, 15) is 9.90 Å². The highest BCUT2D eigenvalue weighted by Crippen LogP contribution is 2.62. The predicted molar refractivity (Wildman–Crippen MR) is 90.4 cm³/mol. The molecule has 0 saturated heterocycles. The van der Waals surface area contributed by atoms with Crippen molar-refractivity contribution in [2.24, 2.45) is 16.7 Å². The number of phenolic OH excluding ortho intramolecular Hbond substituents is 1. The Labute approximate surface area is 136 Å². The topological polar surface area (TPSA) is 65.1 Å². The summed E-state index contributed by atoms with van der Waals surface area (Å²) in [5, 5.41) is 13.7. The molecule has 2 aliphatic rings. The first kappa shape index (κ1) is 14.6. The zero-order valence-electron chi connectivity index (χ0n) is 13.9. The summed E-state index contributed by atoms with van der Waals surface area (Å²) in [7, 11) is 0. The minimum Gasteiger partial charge on any atom is -0.508 e. The third kappa shape index (κ3) is 2.07. The molecule has 2 aromatic rings. The lowest BCUT2D eigenvalue weighted by Crippen LogP contribution is -2.52. The SMILES string of the molecule is CC1(C)C2CC[C@](C)(C2)C1NC(=O)c1cc2cc(O)ccc2[nH]1. The average Bonchev–Trinajstić information content (AvgIpc) is 3.11. The van der Waals surface area contributed by atoms with Crippen LogP contribution in [-0.4, -0.2) is 22.0 Å². The highest BCUT2D eigenvalue weighted by molar-refractivity contribution is 5.98. The number of hydrogen-bond donors (Lipinski definition) is 3. The van der Waals surface area contributed by atoms with Gasteiger partial charge in [0.15, 0.2) is 0 Å². The van der Waals surface area contributed by atoms with Gasteiger partial charge in [-0.05, 0) is 60.3 Å². The molecule has 3 atom stereocenters. The highest BCUT2D eigenvalue weighted by Gasteiger charge is 2.59. The van der Waals surface area contributed by atoms with E-state index in [1.165, 1.54) is 19.3 Å². The van der Waals surface area contributed by atoms with E-state index in [2.05, 4.69) is 31.1 Å². The lowest BCUT2D eigenvalue weighted by Gasteiger charge is -2.43. The number of phenols is 1. The van der Waals surface area contributed by atoms with Crippen LogP contribution in [-0.2, 0) is 0 Å². The zero-order chi connectivity index (χ0) is 16.4. The number of H-pyrrole nitrogens is 1. The molecular weight excluding hydrogens is 288 g/mol. The number of amides is 1. The van der Waals surface area contributed by atoms with Gasteiger partial charge in [0.05, 0.1) is 0 Å². The molecule has 2 unspecified atom stereocenters. The number of nitrogens with one attached hydrogen (secondary N) is 2. The summed E-state index contributed by atoms with van der Waals surface area (Å²) >= 11 is 0. The molecule has 4 rings (SSSR count). The molecule has 2 fully saturated rings. The van der Waals surface area contributed by atoms with Crippen molar-refractivity contribution in [3.05, 3.63) is 30.0 Å². The second-order valence-corrected chi connectivity index (χ2v) is 8.28. The normalized spacial score (nSPS) is 31.6. The first-order valence-corrected chi connectivity index (χ1v) is 8.42. The minimum atomic E-state index is -0.0486. The zero-order valence-corrected chi connectivity index (χ0v) is 13.9. The van der Waals surface area contributed by atoms with Crippen molar-refractivity contribution in [1.29, 1.82) is 0 Å². The van der Waals surface area contributed by atoms with Crippen LogP contribution in [0.3, 0.4) is 0 Å². The molecular formula is C19H24N2O2. The maximum Gasteiger partial charge on any atom is 0.267 e. The monoisotopic (exact) mass is 312 g/mol. The second kappa shape index (κ2) is 4.53. The first-order valence-electron chi connectivity index (χ1n) is 8.42. The Morgan fingerprint density at radius 2 is 2.09 bits per heavy atom. The standard InChI is InChI=1S/C19H24N2O2/c1-18(2)12-6-7-19(3,10-12)17(18)21-16(23)15-9-11-8-13(22)4-5-14(11)20-15/h4-5,8-9,12,17,20,22H,6-7,10H2,1-3H3,(H,21,23)/t12?,17?,19-/m1/s1. The molecule has 0 spiro atoms. The molecule has 2 bridgehead atoms. The minimum absolute atomic E-state index is 0.0486. The fraction of sp³-hybridized carbons (Fsp3) is 0.526. The molecule has 1 heterocycles. The quantitative estimate of drug-likeness (QED) is 0.789. The molecule has 1 aromatic heterocycles. The molecule has 3 N–H and O–H groups in total. The van der Waals surface area contributed by atoms with Gasteiger partial charge in [-0.2, -0.15) is 0 Å². The molecule has 4 nitrogen and oxygen atoms in total. The van der Waals surface area contributed by atoms with E-state index in [0.717, 1.165) is 10.9 Å². The van der Waals surface area contributed by atoms with Gasteiger partial charge in [-0.1, -0.05) is 20.8 Å². The Hall–Kier alpha value is -1.97. The van der Waals surface area contributed by atoms with E-state index in [-0.39, 0.29) is 28.5 Å². The average molecular weight is 312 g/mol. The van der Waals surface area contributed by atoms with Crippen molar-refractivity contribution in [3.63, 3.8) is 0 Å². The summed E-state index contributed by atoms with van der Waals surface area (Å²) in [5.41, 5.74) is 1.79. The Balaban J connectivity index is 1.62. The molecule has 122 valence electrons. The van der Waals surface area contributed by atoms with E-state index < -0.39 is 0 Å². The number of hydrogen-bond acceptors (Lipinski definition) is 2. The van der Waals surface area contributed by atoms with Gasteiger partial charge in [0.25, 0.3) is 5.91 Å². The van der Waals surface area contributed by atoms with Crippen LogP contribution in [0.4, 0.5) is 0 Å². The fourth-order valence-corrected chi connectivity index (χ4v) is 5.11. The van der Waals surface area contributed by atoms with Crippen LogP contribution in [0, 0.1) is 16.7 Å². The van der Waals surface area contributed by atoms with Crippen molar-refractivity contribution < 1.29 is 9.90 Å². The van der Waals surface area contributed by atoms with Crippen LogP contribution < -0.4 is 5.32 Å². The molecule has 23 heavy (non-hydrogen) atoms. The smallest absolute Gasteiger partial charge is 0.267 e. The largest absolute Gasteiger partial charge is 0.508 e. The van der Waals surface area contributed by atoms with Crippen LogP contribution >= 0.6 is 0 Å². The van der Waals surface area contributed by atoms with Crippen molar-refractivity contribution in [2.75, 3.05) is 0 Å². The van der Waals surface area contributed by atoms with E-state index in [1.807, 2.05) is 6.07 Å². The molecule has 0 aliphatic heterocycles. The Kier molecular flexibility index (Phi) is 2.88. The second-order valence-electron chi connectivity index (χ2n) is 8.28. The van der Waals surface area contributed by atoms with Gasteiger partial charge in [-0.15, -0.1) is 0 Å². The summed E-state index contributed by atoms with van der Waals surface area (Å²) in [5.74, 6) is 0.871. The van der Waals surface area contributed by atoms with E-state index in [1.54, 1.807) is 18.2 Å². The molecule has 0 radical (unpaired) electrons. The first-order chi connectivity index (χ1) is 10.8. The van der Waals surface area contributed by atoms with Crippen molar-refractivity contribution in [1.82, 2.24) is 10.3 Å². The van der Waals surface area contributed by atoms with Crippen LogP contribution in [0.25, 0.3) is 10.9 Å². The number of aromatic nitrogens is 1. The van der Waals surface area contributed by atoms with E-state index >= 15 is 0 Å². The molecule has 2 saturated carbocycles. The van der Waals surface area contributed by atoms with Crippen molar-refractivity contribution >= 4 is 16.8 Å². The maximum absolute atomic E-state index is 12.8. The van der Waals surface area contributed by atoms with Gasteiger partial charge >= 0.3 is 0 Å². The number of rotatable bonds is 2. The summed E-state index contributed by atoms with van der Waals surface area (Å²) < 4.78 is 0. The van der Waals surface area contributed by atoms with Gasteiger partial charge in [-0.25, -0.2) is 0 Å². The molecule has 1 aromatic carbocycles. The lowest BCUT2D eigenvalue weighted by atomic mass is 9.68. The van der Waals surface area contributed by atoms with Crippen molar-refractivity contribution in [2.45, 2.75) is 46.1 Å². The summed E-state index contributed by atoms with van der Waals surface area (Å²) in [6.45, 7) is 6.89. The van der Waals surface area contributed by atoms with Gasteiger partial charge < -0.3 is 15.4 Å². The van der Waals surface area contributed by atoms with Gasteiger partial charge in [-0.3, -0.25) is 4.79 Å². The summed E-state index contributed by atoms with van der Waals surface area (Å²) in [6.07, 6.45) is 3.69. The summed E-state index contributed by atoms with van der Waals surface area (Å²) in [4.78, 5) is 15.9. The number of aromatic amines is 1.